The van der Waals surface area contributed by atoms with Gasteiger partial charge in [0.05, 0.1) is 23.8 Å². The first-order valence-electron chi connectivity index (χ1n) is 10.5. The first-order valence-corrected chi connectivity index (χ1v) is 10.5. The highest BCUT2D eigenvalue weighted by Gasteiger charge is 2.16. The first-order chi connectivity index (χ1) is 15.1. The number of phenols is 1. The molecular formula is C25H24FN3O2. The lowest BCUT2D eigenvalue weighted by Crippen LogP contribution is -2.18. The molecule has 0 atom stereocenters. The number of methoxy groups -OCH3 is 1. The minimum absolute atomic E-state index is 0.287. The van der Waals surface area contributed by atoms with E-state index in [-0.39, 0.29) is 11.6 Å². The Kier molecular flexibility index (Phi) is 5.08. The van der Waals surface area contributed by atoms with Crippen LogP contribution in [0.5, 0.6) is 11.5 Å². The van der Waals surface area contributed by atoms with Gasteiger partial charge in [-0.25, -0.2) is 9.37 Å². The van der Waals surface area contributed by atoms with Crippen LogP contribution in [0.15, 0.2) is 54.6 Å². The van der Waals surface area contributed by atoms with Crippen molar-refractivity contribution in [2.45, 2.75) is 19.4 Å². The summed E-state index contributed by atoms with van der Waals surface area (Å²) in [4.78, 5) is 7.03. The third kappa shape index (κ3) is 3.86. The number of nitrogens with one attached hydrogen (secondary N) is 1. The van der Waals surface area contributed by atoms with Crippen molar-refractivity contribution in [2.24, 2.45) is 0 Å². The quantitative estimate of drug-likeness (QED) is 0.328. The molecule has 1 fully saturated rings. The normalized spacial score (nSPS) is 14.4. The molecule has 6 heteroatoms. The van der Waals surface area contributed by atoms with E-state index in [1.807, 2.05) is 30.3 Å². The summed E-state index contributed by atoms with van der Waals surface area (Å²) in [6, 6.07) is 15.8. The molecule has 4 aromatic rings. The second kappa shape index (κ2) is 8.04. The number of hydrogen-bond acceptors (Lipinski definition) is 5. The Morgan fingerprint density at radius 3 is 2.52 bits per heavy atom. The highest BCUT2D eigenvalue weighted by Crippen LogP contribution is 2.36. The van der Waals surface area contributed by atoms with Crippen LogP contribution >= 0.6 is 0 Å². The van der Waals surface area contributed by atoms with Gasteiger partial charge < -0.3 is 15.2 Å². The molecule has 0 aliphatic carbocycles. The molecule has 1 aromatic heterocycles. The molecule has 31 heavy (non-hydrogen) atoms. The fourth-order valence-electron chi connectivity index (χ4n) is 4.27. The number of aromatic nitrogens is 1. The average molecular weight is 417 g/mol. The van der Waals surface area contributed by atoms with Crippen molar-refractivity contribution >= 4 is 33.2 Å². The molecule has 2 N–H and O–H groups in total. The minimum Gasteiger partial charge on any atom is -0.508 e. The number of pyridine rings is 1. The van der Waals surface area contributed by atoms with Gasteiger partial charge in [0.2, 0.25) is 0 Å². The van der Waals surface area contributed by atoms with E-state index in [1.54, 1.807) is 19.2 Å². The molecule has 5 nitrogen and oxygen atoms in total. The van der Waals surface area contributed by atoms with Gasteiger partial charge in [-0.2, -0.15) is 0 Å². The van der Waals surface area contributed by atoms with E-state index in [2.05, 4.69) is 15.2 Å². The molecular weight excluding hydrogens is 393 g/mol. The van der Waals surface area contributed by atoms with Gasteiger partial charge in [0.25, 0.3) is 0 Å². The van der Waals surface area contributed by atoms with Crippen molar-refractivity contribution in [3.63, 3.8) is 0 Å². The van der Waals surface area contributed by atoms with Crippen LogP contribution < -0.4 is 10.1 Å². The molecule has 0 bridgehead atoms. The van der Waals surface area contributed by atoms with Crippen molar-refractivity contribution in [3.8, 4) is 11.5 Å². The maximum absolute atomic E-state index is 14.1. The zero-order chi connectivity index (χ0) is 21.4. The van der Waals surface area contributed by atoms with E-state index in [4.69, 9.17) is 4.74 Å². The third-order valence-corrected chi connectivity index (χ3v) is 5.88. The van der Waals surface area contributed by atoms with Gasteiger partial charge in [0.15, 0.2) is 0 Å². The van der Waals surface area contributed by atoms with Gasteiger partial charge in [0, 0.05) is 28.6 Å². The summed E-state index contributed by atoms with van der Waals surface area (Å²) in [5.41, 5.74) is 3.96. The number of anilines is 2. The Hall–Kier alpha value is -3.38. The predicted octanol–water partition coefficient (Wildman–Crippen LogP) is 5.58. The Labute approximate surface area is 180 Å². The number of nitrogens with zero attached hydrogens (tertiary/aromatic N) is 2. The first kappa shape index (κ1) is 19.6. The molecule has 0 saturated carbocycles. The smallest absolute Gasteiger partial charge is 0.124 e. The Morgan fingerprint density at radius 2 is 1.74 bits per heavy atom. The van der Waals surface area contributed by atoms with Gasteiger partial charge in [0.1, 0.15) is 17.3 Å². The van der Waals surface area contributed by atoms with E-state index >= 15 is 0 Å². The second-order valence-corrected chi connectivity index (χ2v) is 7.98. The highest BCUT2D eigenvalue weighted by molar-refractivity contribution is 6.09. The van der Waals surface area contributed by atoms with Gasteiger partial charge in [-0.05, 0) is 80.5 Å². The molecule has 0 unspecified atom stereocenters. The monoisotopic (exact) mass is 417 g/mol. The molecule has 0 spiro atoms. The summed E-state index contributed by atoms with van der Waals surface area (Å²) in [5.74, 6) is 0.670. The average Bonchev–Trinajstić information content (AvgIpc) is 3.29. The fourth-order valence-corrected chi connectivity index (χ4v) is 4.27. The third-order valence-electron chi connectivity index (χ3n) is 5.88. The van der Waals surface area contributed by atoms with Gasteiger partial charge in [-0.3, -0.25) is 4.90 Å². The number of fused-ring (bicyclic) bond motifs is 2. The second-order valence-electron chi connectivity index (χ2n) is 7.98. The van der Waals surface area contributed by atoms with Crippen molar-refractivity contribution < 1.29 is 14.2 Å². The Bertz CT molecular complexity index is 1270. The predicted molar refractivity (Wildman–Crippen MR) is 122 cm³/mol. The van der Waals surface area contributed by atoms with Crippen LogP contribution in [0.2, 0.25) is 0 Å². The molecule has 5 rings (SSSR count). The van der Waals surface area contributed by atoms with Crippen molar-refractivity contribution in [2.75, 3.05) is 25.5 Å². The molecule has 1 aliphatic heterocycles. The molecule has 158 valence electrons. The lowest BCUT2D eigenvalue weighted by Gasteiger charge is -2.18. The standard InChI is InChI=1S/C25H24FN3O2/c1-31-19-6-8-23-21(14-19)25(20-13-17(26)4-7-22(20)28-23)27-18-5-9-24(30)16(12-18)15-29-10-2-3-11-29/h4-9,12-14,30H,2-3,10-11,15H2,1H3,(H,27,28). The van der Waals surface area contributed by atoms with Crippen LogP contribution in [0.3, 0.4) is 0 Å². The maximum atomic E-state index is 14.1. The van der Waals surface area contributed by atoms with Crippen LogP contribution in [0.4, 0.5) is 15.8 Å². The van der Waals surface area contributed by atoms with Gasteiger partial charge in [-0.1, -0.05) is 0 Å². The van der Waals surface area contributed by atoms with Gasteiger partial charge >= 0.3 is 0 Å². The summed E-state index contributed by atoms with van der Waals surface area (Å²) >= 11 is 0. The number of benzene rings is 3. The zero-order valence-electron chi connectivity index (χ0n) is 17.4. The molecule has 3 aromatic carbocycles. The number of rotatable bonds is 5. The zero-order valence-corrected chi connectivity index (χ0v) is 17.4. The van der Waals surface area contributed by atoms with Crippen molar-refractivity contribution in [1.29, 1.82) is 0 Å². The maximum Gasteiger partial charge on any atom is 0.124 e. The van der Waals surface area contributed by atoms with Crippen molar-refractivity contribution in [3.05, 3.63) is 66.0 Å². The Balaban J connectivity index is 1.62. The van der Waals surface area contributed by atoms with Gasteiger partial charge in [-0.15, -0.1) is 0 Å². The summed E-state index contributed by atoms with van der Waals surface area (Å²) in [7, 11) is 1.62. The SMILES string of the molecule is COc1ccc2nc3ccc(F)cc3c(Nc3ccc(O)c(CN4CCCC4)c3)c2c1. The van der Waals surface area contributed by atoms with Crippen LogP contribution in [0, 0.1) is 5.82 Å². The number of halogens is 1. The largest absolute Gasteiger partial charge is 0.508 e. The van der Waals surface area contributed by atoms with Crippen LogP contribution in [0.25, 0.3) is 21.8 Å². The van der Waals surface area contributed by atoms with E-state index in [0.717, 1.165) is 40.9 Å². The van der Waals surface area contributed by atoms with E-state index in [1.165, 1.54) is 25.0 Å². The molecule has 1 saturated heterocycles. The topological polar surface area (TPSA) is 57.6 Å². The molecule has 1 aliphatic rings. The van der Waals surface area contributed by atoms with Crippen LogP contribution in [0.1, 0.15) is 18.4 Å². The van der Waals surface area contributed by atoms with E-state index in [9.17, 15) is 9.50 Å². The number of aromatic hydroxyl groups is 1. The minimum atomic E-state index is -0.319. The van der Waals surface area contributed by atoms with E-state index < -0.39 is 0 Å². The van der Waals surface area contributed by atoms with Crippen LogP contribution in [-0.4, -0.2) is 35.2 Å². The molecule has 0 amide bonds. The lowest BCUT2D eigenvalue weighted by atomic mass is 10.1. The number of hydrogen-bond donors (Lipinski definition) is 2. The van der Waals surface area contributed by atoms with Crippen molar-refractivity contribution in [1.82, 2.24) is 9.88 Å². The molecule has 2 heterocycles. The summed E-state index contributed by atoms with van der Waals surface area (Å²) in [6.07, 6.45) is 2.39. The lowest BCUT2D eigenvalue weighted by molar-refractivity contribution is 0.324. The highest BCUT2D eigenvalue weighted by atomic mass is 19.1. The molecule has 0 radical (unpaired) electrons. The summed E-state index contributed by atoms with van der Waals surface area (Å²) in [6.45, 7) is 2.81. The van der Waals surface area contributed by atoms with E-state index in [0.29, 0.717) is 23.2 Å². The summed E-state index contributed by atoms with van der Waals surface area (Å²) < 4.78 is 19.5. The number of likely N-dealkylation sites (tertiary alicyclic amines) is 1. The number of ether oxygens (including phenoxy) is 1. The Morgan fingerprint density at radius 1 is 1.00 bits per heavy atom. The van der Waals surface area contributed by atoms with Crippen LogP contribution in [-0.2, 0) is 6.54 Å². The number of phenolic OH excluding ortho intramolecular Hbond substituents is 1. The fraction of sp³-hybridized carbons (Fsp3) is 0.240. The summed E-state index contributed by atoms with van der Waals surface area (Å²) in [5, 5.41) is 15.4.